The number of carbonyl (C=O) groups excluding carboxylic acids is 2. The first kappa shape index (κ1) is 14.9. The van der Waals surface area contributed by atoms with Gasteiger partial charge in [-0.05, 0) is 5.92 Å². The van der Waals surface area contributed by atoms with Crippen molar-refractivity contribution in [3.8, 4) is 0 Å². The Bertz CT molecular complexity index is 409. The molecule has 1 heterocycles. The van der Waals surface area contributed by atoms with Gasteiger partial charge in [0.2, 0.25) is 0 Å². The molecule has 0 aliphatic heterocycles. The molecule has 7 nitrogen and oxygen atoms in total. The topological polar surface area (TPSA) is 93.2 Å². The Hall–Kier alpha value is -2.18. The van der Waals surface area contributed by atoms with E-state index in [1.165, 1.54) is 18.6 Å². The monoisotopic (exact) mass is 266 g/mol. The second-order valence-corrected chi connectivity index (χ2v) is 4.27. The second kappa shape index (κ2) is 8.02. The smallest absolute Gasteiger partial charge is 0.407 e. The van der Waals surface area contributed by atoms with Crippen LogP contribution in [0.5, 0.6) is 0 Å². The maximum absolute atomic E-state index is 11.5. The van der Waals surface area contributed by atoms with Crippen LogP contribution in [0.1, 0.15) is 24.3 Å². The van der Waals surface area contributed by atoms with Crippen LogP contribution in [0.4, 0.5) is 4.79 Å². The zero-order chi connectivity index (χ0) is 14.1. The number of nitrogens with zero attached hydrogens (tertiary/aromatic N) is 2. The van der Waals surface area contributed by atoms with Crippen molar-refractivity contribution in [1.29, 1.82) is 0 Å². The number of amides is 2. The van der Waals surface area contributed by atoms with Gasteiger partial charge >= 0.3 is 6.09 Å². The fraction of sp³-hybridized carbons (Fsp3) is 0.500. The fourth-order valence-electron chi connectivity index (χ4n) is 1.14. The van der Waals surface area contributed by atoms with Gasteiger partial charge in [-0.1, -0.05) is 13.8 Å². The van der Waals surface area contributed by atoms with Crippen molar-refractivity contribution in [3.05, 3.63) is 24.3 Å². The van der Waals surface area contributed by atoms with Crippen LogP contribution < -0.4 is 10.6 Å². The zero-order valence-corrected chi connectivity index (χ0v) is 11.0. The third-order valence-corrected chi connectivity index (χ3v) is 2.02. The number of carbonyl (C=O) groups is 2. The van der Waals surface area contributed by atoms with Gasteiger partial charge in [0.05, 0.1) is 12.8 Å². The standard InChI is InChI=1S/C12H18N4O3/c1-9(2)8-19-12(18)16-6-5-15-11(17)10-7-13-3-4-14-10/h3-4,7,9H,5-6,8H2,1-2H3,(H,15,17)(H,16,18). The van der Waals surface area contributed by atoms with E-state index in [4.69, 9.17) is 4.74 Å². The molecule has 0 aromatic carbocycles. The van der Waals surface area contributed by atoms with E-state index in [1.54, 1.807) is 0 Å². The van der Waals surface area contributed by atoms with Crippen LogP contribution in [0.15, 0.2) is 18.6 Å². The summed E-state index contributed by atoms with van der Waals surface area (Å²) < 4.78 is 4.91. The van der Waals surface area contributed by atoms with E-state index in [1.807, 2.05) is 13.8 Å². The van der Waals surface area contributed by atoms with Gasteiger partial charge in [0.15, 0.2) is 0 Å². The van der Waals surface area contributed by atoms with Gasteiger partial charge in [0, 0.05) is 25.5 Å². The minimum absolute atomic E-state index is 0.241. The lowest BCUT2D eigenvalue weighted by Crippen LogP contribution is -2.35. The average molecular weight is 266 g/mol. The Labute approximate surface area is 111 Å². The van der Waals surface area contributed by atoms with Crippen molar-refractivity contribution in [1.82, 2.24) is 20.6 Å². The van der Waals surface area contributed by atoms with E-state index in [0.717, 1.165) is 0 Å². The van der Waals surface area contributed by atoms with Gasteiger partial charge in [-0.2, -0.15) is 0 Å². The molecule has 1 rings (SSSR count). The molecule has 0 saturated carbocycles. The van der Waals surface area contributed by atoms with Crippen LogP contribution in [0, 0.1) is 5.92 Å². The highest BCUT2D eigenvalue weighted by Crippen LogP contribution is 1.92. The van der Waals surface area contributed by atoms with Crippen molar-refractivity contribution in [3.63, 3.8) is 0 Å². The molecule has 2 N–H and O–H groups in total. The van der Waals surface area contributed by atoms with Crippen LogP contribution in [0.3, 0.4) is 0 Å². The highest BCUT2D eigenvalue weighted by Gasteiger charge is 2.06. The summed E-state index contributed by atoms with van der Waals surface area (Å²) in [7, 11) is 0. The lowest BCUT2D eigenvalue weighted by molar-refractivity contribution is 0.0946. The Balaban J connectivity index is 2.14. The molecule has 0 fully saturated rings. The molecule has 7 heteroatoms. The summed E-state index contributed by atoms with van der Waals surface area (Å²) in [6.45, 7) is 4.87. The maximum atomic E-state index is 11.5. The molecule has 104 valence electrons. The summed E-state index contributed by atoms with van der Waals surface area (Å²) >= 11 is 0. The quantitative estimate of drug-likeness (QED) is 0.735. The number of hydrogen-bond donors (Lipinski definition) is 2. The van der Waals surface area contributed by atoms with Gasteiger partial charge in [-0.25, -0.2) is 9.78 Å². The summed E-state index contributed by atoms with van der Waals surface area (Å²) in [4.78, 5) is 30.4. The first-order chi connectivity index (χ1) is 9.09. The van der Waals surface area contributed by atoms with E-state index >= 15 is 0 Å². The molecular formula is C12H18N4O3. The van der Waals surface area contributed by atoms with E-state index in [9.17, 15) is 9.59 Å². The Morgan fingerprint density at radius 1 is 1.26 bits per heavy atom. The van der Waals surface area contributed by atoms with Crippen molar-refractivity contribution in [2.24, 2.45) is 5.92 Å². The molecule has 19 heavy (non-hydrogen) atoms. The zero-order valence-electron chi connectivity index (χ0n) is 11.0. The summed E-state index contributed by atoms with van der Waals surface area (Å²) in [5, 5.41) is 5.14. The lowest BCUT2D eigenvalue weighted by Gasteiger charge is -2.09. The van der Waals surface area contributed by atoms with Gasteiger partial charge in [0.1, 0.15) is 5.69 Å². The molecule has 1 aromatic heterocycles. The molecule has 0 saturated heterocycles. The largest absolute Gasteiger partial charge is 0.449 e. The summed E-state index contributed by atoms with van der Waals surface area (Å²) in [5.41, 5.74) is 0.241. The van der Waals surface area contributed by atoms with Crippen LogP contribution in [0.2, 0.25) is 0 Å². The SMILES string of the molecule is CC(C)COC(=O)NCCNC(=O)c1cnccn1. The molecule has 0 aliphatic rings. The highest BCUT2D eigenvalue weighted by atomic mass is 16.5. The van der Waals surface area contributed by atoms with Crippen molar-refractivity contribution in [2.75, 3.05) is 19.7 Å². The van der Waals surface area contributed by atoms with Crippen molar-refractivity contribution >= 4 is 12.0 Å². The van der Waals surface area contributed by atoms with Crippen molar-refractivity contribution in [2.45, 2.75) is 13.8 Å². The first-order valence-electron chi connectivity index (χ1n) is 6.04. The van der Waals surface area contributed by atoms with Gasteiger partial charge in [-0.15, -0.1) is 0 Å². The summed E-state index contributed by atoms with van der Waals surface area (Å²) in [5.74, 6) is -0.0347. The van der Waals surface area contributed by atoms with E-state index in [2.05, 4.69) is 20.6 Å². The average Bonchev–Trinajstić information content (AvgIpc) is 2.42. The minimum Gasteiger partial charge on any atom is -0.449 e. The third kappa shape index (κ3) is 6.35. The molecule has 0 unspecified atom stereocenters. The van der Waals surface area contributed by atoms with Gasteiger partial charge in [0.25, 0.3) is 5.91 Å². The summed E-state index contributed by atoms with van der Waals surface area (Å²) in [6, 6.07) is 0. The molecule has 2 amide bonds. The van der Waals surface area contributed by atoms with E-state index < -0.39 is 6.09 Å². The Morgan fingerprint density at radius 2 is 2.00 bits per heavy atom. The number of ether oxygens (including phenoxy) is 1. The Morgan fingerprint density at radius 3 is 2.63 bits per heavy atom. The maximum Gasteiger partial charge on any atom is 0.407 e. The molecule has 0 spiro atoms. The molecule has 1 aromatic rings. The predicted molar refractivity (Wildman–Crippen MR) is 68.6 cm³/mol. The number of hydrogen-bond acceptors (Lipinski definition) is 5. The number of aromatic nitrogens is 2. The molecular weight excluding hydrogens is 248 g/mol. The van der Waals surface area contributed by atoms with E-state index in [0.29, 0.717) is 25.6 Å². The number of rotatable bonds is 6. The van der Waals surface area contributed by atoms with Crippen molar-refractivity contribution < 1.29 is 14.3 Å². The molecule has 0 atom stereocenters. The fourth-order valence-corrected chi connectivity index (χ4v) is 1.14. The third-order valence-electron chi connectivity index (χ3n) is 2.02. The highest BCUT2D eigenvalue weighted by molar-refractivity contribution is 5.91. The molecule has 0 radical (unpaired) electrons. The predicted octanol–water partition coefficient (Wildman–Crippen LogP) is 0.589. The number of nitrogens with one attached hydrogen (secondary N) is 2. The molecule has 0 bridgehead atoms. The van der Waals surface area contributed by atoms with Crippen LogP contribution >= 0.6 is 0 Å². The van der Waals surface area contributed by atoms with Crippen LogP contribution in [-0.2, 0) is 4.74 Å². The van der Waals surface area contributed by atoms with Gasteiger partial charge < -0.3 is 15.4 Å². The Kier molecular flexibility index (Phi) is 6.28. The lowest BCUT2D eigenvalue weighted by atomic mass is 10.2. The summed E-state index contributed by atoms with van der Waals surface area (Å²) in [6.07, 6.45) is 3.82. The van der Waals surface area contributed by atoms with E-state index in [-0.39, 0.29) is 11.6 Å². The first-order valence-corrected chi connectivity index (χ1v) is 6.04. The number of alkyl carbamates (subject to hydrolysis) is 1. The normalized spacial score (nSPS) is 10.1. The van der Waals surface area contributed by atoms with Gasteiger partial charge in [-0.3, -0.25) is 9.78 Å². The molecule has 0 aliphatic carbocycles. The van der Waals surface area contributed by atoms with Crippen LogP contribution in [0.25, 0.3) is 0 Å². The van der Waals surface area contributed by atoms with Crippen LogP contribution in [-0.4, -0.2) is 41.7 Å². The minimum atomic E-state index is -0.484. The second-order valence-electron chi connectivity index (χ2n) is 4.27.